The summed E-state index contributed by atoms with van der Waals surface area (Å²) < 4.78 is 16.6. The number of halogens is 1. The molecule has 10 heteroatoms. The zero-order valence-electron chi connectivity index (χ0n) is 18.5. The Hall–Kier alpha value is -4.44. The molecule has 0 aromatic heterocycles. The van der Waals surface area contributed by atoms with E-state index >= 15 is 0 Å². The number of esters is 1. The van der Waals surface area contributed by atoms with E-state index in [-0.39, 0.29) is 23.6 Å². The number of carbonyl (C=O) groups is 4. The number of fused-ring (bicyclic) bond motifs is 2. The Kier molecular flexibility index (Phi) is 6.26. The summed E-state index contributed by atoms with van der Waals surface area (Å²) in [5.74, 6) is -1.58. The quantitative estimate of drug-likeness (QED) is 0.283. The summed E-state index contributed by atoms with van der Waals surface area (Å²) in [5, 5.41) is 2.56. The predicted octanol–water partition coefficient (Wildman–Crippen LogP) is 3.75. The van der Waals surface area contributed by atoms with E-state index in [9.17, 15) is 19.2 Å². The fourth-order valence-electron chi connectivity index (χ4n) is 3.70. The topological polar surface area (TPSA) is 111 Å². The van der Waals surface area contributed by atoms with Crippen LogP contribution in [0.2, 0.25) is 0 Å². The van der Waals surface area contributed by atoms with Gasteiger partial charge < -0.3 is 19.5 Å². The molecule has 1 N–H and O–H groups in total. The van der Waals surface area contributed by atoms with Gasteiger partial charge in [-0.15, -0.1) is 0 Å². The van der Waals surface area contributed by atoms with Crippen molar-refractivity contribution in [3.63, 3.8) is 0 Å². The van der Waals surface area contributed by atoms with Crippen LogP contribution in [-0.4, -0.2) is 42.1 Å². The molecule has 36 heavy (non-hydrogen) atoms. The Morgan fingerprint density at radius 3 is 2.39 bits per heavy atom. The van der Waals surface area contributed by atoms with Crippen LogP contribution in [0.1, 0.15) is 36.6 Å². The van der Waals surface area contributed by atoms with Gasteiger partial charge in [-0.1, -0.05) is 40.2 Å². The first kappa shape index (κ1) is 23.3. The van der Waals surface area contributed by atoms with Gasteiger partial charge in [-0.25, -0.2) is 9.69 Å². The van der Waals surface area contributed by atoms with E-state index < -0.39 is 30.4 Å². The van der Waals surface area contributed by atoms with Crippen LogP contribution < -0.4 is 14.8 Å². The van der Waals surface area contributed by atoms with Gasteiger partial charge in [0, 0.05) is 10.0 Å². The Labute approximate surface area is 213 Å². The van der Waals surface area contributed by atoms with Crippen molar-refractivity contribution in [1.29, 1.82) is 0 Å². The minimum absolute atomic E-state index is 0.0807. The zero-order chi connectivity index (χ0) is 25.2. The molecule has 0 spiro atoms. The first-order chi connectivity index (χ1) is 17.4. The number of ether oxygens (including phenoxy) is 3. The fourth-order valence-corrected chi connectivity index (χ4v) is 4.10. The lowest BCUT2D eigenvalue weighted by molar-refractivity contribution is -0.141. The fraction of sp³-hybridized carbons (Fsp3) is 0.0769. The smallest absolute Gasteiger partial charge is 0.356 e. The van der Waals surface area contributed by atoms with Gasteiger partial charge in [-0.2, -0.15) is 0 Å². The summed E-state index contributed by atoms with van der Waals surface area (Å²) in [6, 6.07) is 18.0. The predicted molar refractivity (Wildman–Crippen MR) is 130 cm³/mol. The number of nitrogens with one attached hydrogen (secondary N) is 1. The summed E-state index contributed by atoms with van der Waals surface area (Å²) in [7, 11) is 0. The second-order valence-corrected chi connectivity index (χ2v) is 8.70. The largest absolute Gasteiger partial charge is 0.454 e. The summed E-state index contributed by atoms with van der Waals surface area (Å²) in [6.45, 7) is -0.534. The van der Waals surface area contributed by atoms with Crippen molar-refractivity contribution >= 4 is 45.7 Å². The SMILES string of the molecule is O=C(OCN1C(=O)c2ccccc2C1=O)/C(=C/c1ccc2c(c1)OCO2)NC(=O)c1cccc(Br)c1. The van der Waals surface area contributed by atoms with Crippen LogP contribution in [0.15, 0.2) is 76.9 Å². The highest BCUT2D eigenvalue weighted by atomic mass is 79.9. The Balaban J connectivity index is 1.38. The molecule has 2 aliphatic rings. The van der Waals surface area contributed by atoms with E-state index in [2.05, 4.69) is 21.2 Å². The van der Waals surface area contributed by atoms with Crippen LogP contribution >= 0.6 is 15.9 Å². The van der Waals surface area contributed by atoms with Crippen LogP contribution in [0.4, 0.5) is 0 Å². The monoisotopic (exact) mass is 548 g/mol. The van der Waals surface area contributed by atoms with Crippen LogP contribution in [0.3, 0.4) is 0 Å². The third kappa shape index (κ3) is 4.58. The highest BCUT2D eigenvalue weighted by Crippen LogP contribution is 2.33. The molecule has 0 atom stereocenters. The van der Waals surface area contributed by atoms with E-state index in [1.807, 2.05) is 0 Å². The van der Waals surface area contributed by atoms with Crippen molar-refractivity contribution in [2.75, 3.05) is 13.5 Å². The molecule has 3 amide bonds. The van der Waals surface area contributed by atoms with Crippen molar-refractivity contribution in [2.45, 2.75) is 0 Å². The third-order valence-electron chi connectivity index (χ3n) is 5.47. The van der Waals surface area contributed by atoms with Crippen LogP contribution in [0.5, 0.6) is 11.5 Å². The van der Waals surface area contributed by atoms with Crippen molar-refractivity contribution in [3.05, 3.63) is 99.2 Å². The molecule has 0 bridgehead atoms. The number of hydrogen-bond acceptors (Lipinski definition) is 7. The molecule has 0 saturated heterocycles. The second kappa shape index (κ2) is 9.67. The van der Waals surface area contributed by atoms with Crippen molar-refractivity contribution in [1.82, 2.24) is 10.2 Å². The van der Waals surface area contributed by atoms with E-state index in [1.54, 1.807) is 54.6 Å². The van der Waals surface area contributed by atoms with Crippen LogP contribution in [-0.2, 0) is 9.53 Å². The highest BCUT2D eigenvalue weighted by molar-refractivity contribution is 9.10. The molecule has 0 aliphatic carbocycles. The molecule has 0 radical (unpaired) electrons. The molecule has 3 aromatic rings. The molecule has 0 unspecified atom stereocenters. The number of rotatable bonds is 6. The molecular weight excluding hydrogens is 532 g/mol. The standard InChI is InChI=1S/C26H17BrN2O7/c27-17-5-3-4-16(12-17)23(30)28-20(10-15-8-9-21-22(11-15)36-14-35-21)26(33)34-13-29-24(31)18-6-1-2-7-19(18)25(29)32/h1-12H,13-14H2,(H,28,30)/b20-10-. The lowest BCUT2D eigenvalue weighted by Gasteiger charge is -2.15. The molecule has 2 heterocycles. The number of amides is 3. The number of benzene rings is 3. The molecule has 0 saturated carbocycles. The van der Waals surface area contributed by atoms with Crippen molar-refractivity contribution < 1.29 is 33.4 Å². The molecule has 3 aromatic carbocycles. The minimum atomic E-state index is -0.937. The molecular formula is C26H17BrN2O7. The van der Waals surface area contributed by atoms with Gasteiger partial charge in [0.15, 0.2) is 18.2 Å². The number of carbonyl (C=O) groups excluding carboxylic acids is 4. The first-order valence-corrected chi connectivity index (χ1v) is 11.5. The summed E-state index contributed by atoms with van der Waals surface area (Å²) in [5.41, 5.74) is 1.10. The lowest BCUT2D eigenvalue weighted by Crippen LogP contribution is -2.35. The van der Waals surface area contributed by atoms with Gasteiger partial charge in [-0.05, 0) is 54.1 Å². The average Bonchev–Trinajstić information content (AvgIpc) is 3.44. The number of imide groups is 1. The molecule has 2 aliphatic heterocycles. The minimum Gasteiger partial charge on any atom is -0.454 e. The van der Waals surface area contributed by atoms with Crippen molar-refractivity contribution in [3.8, 4) is 11.5 Å². The molecule has 9 nitrogen and oxygen atoms in total. The van der Waals surface area contributed by atoms with E-state index in [0.29, 0.717) is 27.1 Å². The normalized spacial score (nSPS) is 14.0. The maximum absolute atomic E-state index is 13.0. The van der Waals surface area contributed by atoms with E-state index in [4.69, 9.17) is 14.2 Å². The molecule has 5 rings (SSSR count). The van der Waals surface area contributed by atoms with Crippen LogP contribution in [0.25, 0.3) is 6.08 Å². The molecule has 180 valence electrons. The van der Waals surface area contributed by atoms with Gasteiger partial charge in [-0.3, -0.25) is 14.4 Å². The van der Waals surface area contributed by atoms with Gasteiger partial charge in [0.2, 0.25) is 6.79 Å². The van der Waals surface area contributed by atoms with Gasteiger partial charge >= 0.3 is 5.97 Å². The number of nitrogens with zero attached hydrogens (tertiary/aromatic N) is 1. The maximum atomic E-state index is 13.0. The maximum Gasteiger partial charge on any atom is 0.356 e. The Bertz CT molecular complexity index is 1410. The van der Waals surface area contributed by atoms with Gasteiger partial charge in [0.05, 0.1) is 11.1 Å². The summed E-state index contributed by atoms with van der Waals surface area (Å²) in [4.78, 5) is 51.9. The zero-order valence-corrected chi connectivity index (χ0v) is 20.1. The Morgan fingerprint density at radius 2 is 1.67 bits per heavy atom. The van der Waals surface area contributed by atoms with E-state index in [1.165, 1.54) is 18.2 Å². The van der Waals surface area contributed by atoms with E-state index in [0.717, 1.165) is 4.90 Å². The van der Waals surface area contributed by atoms with Gasteiger partial charge in [0.1, 0.15) is 5.70 Å². The average molecular weight is 549 g/mol. The van der Waals surface area contributed by atoms with Crippen molar-refractivity contribution in [2.24, 2.45) is 0 Å². The Morgan fingerprint density at radius 1 is 0.944 bits per heavy atom. The van der Waals surface area contributed by atoms with Crippen LogP contribution in [0, 0.1) is 0 Å². The third-order valence-corrected chi connectivity index (χ3v) is 5.96. The lowest BCUT2D eigenvalue weighted by atomic mass is 10.1. The summed E-state index contributed by atoms with van der Waals surface area (Å²) in [6.07, 6.45) is 1.41. The summed E-state index contributed by atoms with van der Waals surface area (Å²) >= 11 is 3.31. The highest BCUT2D eigenvalue weighted by Gasteiger charge is 2.36. The van der Waals surface area contributed by atoms with Gasteiger partial charge in [0.25, 0.3) is 17.7 Å². The second-order valence-electron chi connectivity index (χ2n) is 7.78. The number of hydrogen-bond donors (Lipinski definition) is 1. The first-order valence-electron chi connectivity index (χ1n) is 10.7. The molecule has 0 fully saturated rings.